The molecule has 0 atom stereocenters. The van der Waals surface area contributed by atoms with Gasteiger partial charge in [-0.25, -0.2) is 4.68 Å². The highest BCUT2D eigenvalue weighted by atomic mass is 19.4. The van der Waals surface area contributed by atoms with E-state index in [-0.39, 0.29) is 5.69 Å². The van der Waals surface area contributed by atoms with Gasteiger partial charge >= 0.3 is 6.18 Å². The Labute approximate surface area is 163 Å². The molecule has 29 heavy (non-hydrogen) atoms. The summed E-state index contributed by atoms with van der Waals surface area (Å²) in [5, 5.41) is 7.73. The molecule has 1 N–H and O–H groups in total. The second kappa shape index (κ2) is 7.05. The SMILES string of the molecule is Cc1cncc(NC(=O)c2cnn(-c3cccc4ccccc34)c2C(F)(F)F)c1. The molecule has 0 aliphatic rings. The number of alkyl halides is 3. The number of carbonyl (C=O) groups is 1. The van der Waals surface area contributed by atoms with Gasteiger partial charge in [0.15, 0.2) is 5.69 Å². The number of aromatic nitrogens is 3. The number of pyridine rings is 1. The Hall–Kier alpha value is -3.68. The summed E-state index contributed by atoms with van der Waals surface area (Å²) in [4.78, 5) is 16.5. The van der Waals surface area contributed by atoms with E-state index in [1.54, 1.807) is 55.6 Å². The van der Waals surface area contributed by atoms with E-state index in [9.17, 15) is 18.0 Å². The average Bonchev–Trinajstić information content (AvgIpc) is 3.13. The molecule has 1 amide bonds. The fraction of sp³-hybridized carbons (Fsp3) is 0.0952. The fourth-order valence-corrected chi connectivity index (χ4v) is 3.18. The summed E-state index contributed by atoms with van der Waals surface area (Å²) < 4.78 is 42.6. The van der Waals surface area contributed by atoms with E-state index in [4.69, 9.17) is 0 Å². The van der Waals surface area contributed by atoms with E-state index >= 15 is 0 Å². The lowest BCUT2D eigenvalue weighted by Crippen LogP contribution is -2.21. The monoisotopic (exact) mass is 396 g/mol. The maximum absolute atomic E-state index is 13.9. The number of hydrogen-bond acceptors (Lipinski definition) is 3. The molecular weight excluding hydrogens is 381 g/mol. The van der Waals surface area contributed by atoms with Crippen molar-refractivity contribution in [2.45, 2.75) is 13.1 Å². The third kappa shape index (κ3) is 3.56. The molecule has 2 heterocycles. The highest BCUT2D eigenvalue weighted by Crippen LogP contribution is 2.35. The summed E-state index contributed by atoms with van der Waals surface area (Å²) >= 11 is 0. The molecule has 4 rings (SSSR count). The molecule has 0 saturated heterocycles. The summed E-state index contributed by atoms with van der Waals surface area (Å²) in [6.07, 6.45) is -0.906. The number of anilines is 1. The molecular formula is C21H15F3N4O. The van der Waals surface area contributed by atoms with Crippen molar-refractivity contribution in [2.75, 3.05) is 5.32 Å². The molecule has 0 aliphatic heterocycles. The van der Waals surface area contributed by atoms with Crippen LogP contribution in [0, 0.1) is 6.92 Å². The summed E-state index contributed by atoms with van der Waals surface area (Å²) in [5.41, 5.74) is -0.378. The number of amides is 1. The number of aryl methyl sites for hydroxylation is 1. The van der Waals surface area contributed by atoms with Gasteiger partial charge in [0, 0.05) is 11.6 Å². The van der Waals surface area contributed by atoms with E-state index in [0.717, 1.165) is 21.8 Å². The average molecular weight is 396 g/mol. The zero-order chi connectivity index (χ0) is 20.6. The lowest BCUT2D eigenvalue weighted by atomic mass is 10.1. The van der Waals surface area contributed by atoms with Gasteiger partial charge in [0.2, 0.25) is 0 Å². The van der Waals surface area contributed by atoms with Crippen LogP contribution in [0.4, 0.5) is 18.9 Å². The van der Waals surface area contributed by atoms with Crippen molar-refractivity contribution in [1.82, 2.24) is 14.8 Å². The molecule has 5 nitrogen and oxygen atoms in total. The normalized spacial score (nSPS) is 11.6. The maximum atomic E-state index is 13.9. The summed E-state index contributed by atoms with van der Waals surface area (Å²) in [5.74, 6) is -0.906. The zero-order valence-electron chi connectivity index (χ0n) is 15.2. The third-order valence-electron chi connectivity index (χ3n) is 4.41. The molecule has 0 unspecified atom stereocenters. The number of hydrogen-bond donors (Lipinski definition) is 1. The van der Waals surface area contributed by atoms with Crippen LogP contribution < -0.4 is 5.32 Å². The Bertz CT molecular complexity index is 1210. The molecule has 4 aromatic rings. The second-order valence-corrected chi connectivity index (χ2v) is 6.52. The lowest BCUT2D eigenvalue weighted by molar-refractivity contribution is -0.143. The second-order valence-electron chi connectivity index (χ2n) is 6.52. The van der Waals surface area contributed by atoms with Gasteiger partial charge in [0.25, 0.3) is 5.91 Å². The van der Waals surface area contributed by atoms with Gasteiger partial charge in [0.05, 0.1) is 29.3 Å². The number of carbonyl (C=O) groups excluding carboxylic acids is 1. The maximum Gasteiger partial charge on any atom is 0.434 e. The Morgan fingerprint density at radius 3 is 2.55 bits per heavy atom. The Morgan fingerprint density at radius 1 is 1.03 bits per heavy atom. The van der Waals surface area contributed by atoms with Crippen LogP contribution in [0.25, 0.3) is 16.5 Å². The predicted molar refractivity (Wildman–Crippen MR) is 103 cm³/mol. The first kappa shape index (κ1) is 18.7. The number of benzene rings is 2. The van der Waals surface area contributed by atoms with Crippen LogP contribution in [0.5, 0.6) is 0 Å². The highest BCUT2D eigenvalue weighted by Gasteiger charge is 2.40. The number of fused-ring (bicyclic) bond motifs is 1. The molecule has 0 aliphatic carbocycles. The van der Waals surface area contributed by atoms with Crippen molar-refractivity contribution >= 4 is 22.4 Å². The quantitative estimate of drug-likeness (QED) is 0.530. The smallest absolute Gasteiger partial charge is 0.320 e. The molecule has 0 fully saturated rings. The molecule has 0 saturated carbocycles. The van der Waals surface area contributed by atoms with Gasteiger partial charge < -0.3 is 5.32 Å². The molecule has 0 bridgehead atoms. The number of halogens is 3. The van der Waals surface area contributed by atoms with Crippen LogP contribution in [-0.2, 0) is 6.18 Å². The first-order chi connectivity index (χ1) is 13.8. The molecule has 146 valence electrons. The summed E-state index contributed by atoms with van der Waals surface area (Å²) in [6.45, 7) is 1.77. The Balaban J connectivity index is 1.83. The minimum atomic E-state index is -4.79. The number of rotatable bonds is 3. The van der Waals surface area contributed by atoms with Crippen molar-refractivity contribution in [3.8, 4) is 5.69 Å². The van der Waals surface area contributed by atoms with Gasteiger partial charge in [-0.3, -0.25) is 9.78 Å². The van der Waals surface area contributed by atoms with Crippen LogP contribution in [0.15, 0.2) is 67.1 Å². The van der Waals surface area contributed by atoms with Crippen molar-refractivity contribution in [2.24, 2.45) is 0 Å². The van der Waals surface area contributed by atoms with Gasteiger partial charge in [-0.2, -0.15) is 18.3 Å². The summed E-state index contributed by atoms with van der Waals surface area (Å²) in [6, 6.07) is 13.7. The first-order valence-corrected chi connectivity index (χ1v) is 8.71. The van der Waals surface area contributed by atoms with Gasteiger partial charge in [-0.05, 0) is 30.0 Å². The minimum Gasteiger partial charge on any atom is -0.320 e. The van der Waals surface area contributed by atoms with E-state index in [2.05, 4.69) is 15.4 Å². The van der Waals surface area contributed by atoms with Crippen LogP contribution in [-0.4, -0.2) is 20.7 Å². The van der Waals surface area contributed by atoms with Crippen molar-refractivity contribution < 1.29 is 18.0 Å². The molecule has 2 aromatic carbocycles. The van der Waals surface area contributed by atoms with Crippen LogP contribution in [0.1, 0.15) is 21.6 Å². The Kier molecular flexibility index (Phi) is 4.54. The summed E-state index contributed by atoms with van der Waals surface area (Å²) in [7, 11) is 0. The number of nitrogens with zero attached hydrogens (tertiary/aromatic N) is 3. The van der Waals surface area contributed by atoms with Gasteiger partial charge in [-0.1, -0.05) is 36.4 Å². The standard InChI is InChI=1S/C21H15F3N4O/c1-13-9-15(11-25-10-13)27-20(29)17-12-26-28(19(17)21(22,23)24)18-8-4-6-14-5-2-3-7-16(14)18/h2-12H,1H3,(H,27,29). The molecule has 8 heteroatoms. The minimum absolute atomic E-state index is 0.242. The van der Waals surface area contributed by atoms with E-state index in [1.807, 2.05) is 0 Å². The molecule has 0 radical (unpaired) electrons. The first-order valence-electron chi connectivity index (χ1n) is 8.71. The topological polar surface area (TPSA) is 59.8 Å². The van der Waals surface area contributed by atoms with Crippen molar-refractivity contribution in [3.05, 3.63) is 83.9 Å². The van der Waals surface area contributed by atoms with Crippen molar-refractivity contribution in [3.63, 3.8) is 0 Å². The van der Waals surface area contributed by atoms with Gasteiger partial charge in [0.1, 0.15) is 0 Å². The van der Waals surface area contributed by atoms with Crippen LogP contribution in [0.2, 0.25) is 0 Å². The largest absolute Gasteiger partial charge is 0.434 e. The lowest BCUT2D eigenvalue weighted by Gasteiger charge is -2.14. The van der Waals surface area contributed by atoms with E-state index in [0.29, 0.717) is 11.1 Å². The van der Waals surface area contributed by atoms with E-state index < -0.39 is 23.3 Å². The molecule has 0 spiro atoms. The highest BCUT2D eigenvalue weighted by molar-refractivity contribution is 6.05. The fourth-order valence-electron chi connectivity index (χ4n) is 3.18. The number of nitrogens with one attached hydrogen (secondary N) is 1. The van der Waals surface area contributed by atoms with Gasteiger partial charge in [-0.15, -0.1) is 0 Å². The van der Waals surface area contributed by atoms with Crippen molar-refractivity contribution in [1.29, 1.82) is 0 Å². The van der Waals surface area contributed by atoms with Crippen LogP contribution in [0.3, 0.4) is 0 Å². The Morgan fingerprint density at radius 2 is 1.79 bits per heavy atom. The third-order valence-corrected chi connectivity index (χ3v) is 4.41. The zero-order valence-corrected chi connectivity index (χ0v) is 15.2. The van der Waals surface area contributed by atoms with Crippen LogP contribution >= 0.6 is 0 Å². The van der Waals surface area contributed by atoms with E-state index in [1.165, 1.54) is 12.3 Å². The predicted octanol–water partition coefficient (Wildman–Crippen LogP) is 5.00. The molecule has 2 aromatic heterocycles.